The number of nitrogens with one attached hydrogen (secondary N) is 1. The summed E-state index contributed by atoms with van der Waals surface area (Å²) in [5.74, 6) is -2.43. The quantitative estimate of drug-likeness (QED) is 0.218. The second-order valence-electron chi connectivity index (χ2n) is 9.42. The van der Waals surface area contributed by atoms with E-state index in [2.05, 4.69) is 15.0 Å². The Hall–Kier alpha value is -5.19. The monoisotopic (exact) mass is 575 g/mol. The van der Waals surface area contributed by atoms with Crippen LogP contribution in [-0.2, 0) is 6.42 Å². The fourth-order valence-electron chi connectivity index (χ4n) is 4.74. The number of ketones is 1. The van der Waals surface area contributed by atoms with Crippen LogP contribution in [-0.4, -0.2) is 35.0 Å². The minimum atomic E-state index is -0.932. The van der Waals surface area contributed by atoms with Crippen LogP contribution in [0.3, 0.4) is 0 Å². The molecule has 0 aliphatic rings. The highest BCUT2D eigenvalue weighted by Gasteiger charge is 2.23. The number of aromatic nitrogens is 3. The molecule has 0 aliphatic heterocycles. The predicted molar refractivity (Wildman–Crippen MR) is 149 cm³/mol. The molecule has 3 heterocycles. The van der Waals surface area contributed by atoms with Gasteiger partial charge in [0.25, 0.3) is 5.88 Å². The van der Waals surface area contributed by atoms with Crippen LogP contribution in [0, 0.1) is 31.3 Å². The first-order valence-corrected chi connectivity index (χ1v) is 12.7. The van der Waals surface area contributed by atoms with E-state index in [1.165, 1.54) is 38.6 Å². The minimum Gasteiger partial charge on any atom is -0.491 e. The van der Waals surface area contributed by atoms with Crippen LogP contribution >= 0.6 is 0 Å². The van der Waals surface area contributed by atoms with Gasteiger partial charge >= 0.3 is 0 Å². The lowest BCUT2D eigenvalue weighted by Crippen LogP contribution is -2.23. The summed E-state index contributed by atoms with van der Waals surface area (Å²) in [4.78, 5) is 38.2. The normalized spacial score (nSPS) is 11.0. The van der Waals surface area contributed by atoms with Gasteiger partial charge in [0.1, 0.15) is 17.2 Å². The van der Waals surface area contributed by atoms with E-state index < -0.39 is 28.7 Å². The molecule has 0 unspecified atom stereocenters. The number of aromatic amines is 1. The van der Waals surface area contributed by atoms with Crippen molar-refractivity contribution in [1.29, 1.82) is 0 Å². The van der Waals surface area contributed by atoms with Gasteiger partial charge in [-0.3, -0.25) is 14.6 Å². The van der Waals surface area contributed by atoms with E-state index in [0.29, 0.717) is 28.5 Å². The molecule has 214 valence electrons. The molecule has 2 aromatic carbocycles. The highest BCUT2D eigenvalue weighted by molar-refractivity contribution is 5.99. The molecule has 0 fully saturated rings. The predicted octanol–water partition coefficient (Wildman–Crippen LogP) is 6.25. The molecule has 5 aromatic rings. The number of ether oxygens (including phenoxy) is 3. The van der Waals surface area contributed by atoms with Crippen LogP contribution in [0.1, 0.15) is 27.3 Å². The van der Waals surface area contributed by atoms with E-state index in [9.17, 15) is 18.4 Å². The van der Waals surface area contributed by atoms with Crippen molar-refractivity contribution in [1.82, 2.24) is 15.0 Å². The topological polar surface area (TPSA) is 103 Å². The summed E-state index contributed by atoms with van der Waals surface area (Å²) in [5, 5.41) is 0. The van der Waals surface area contributed by atoms with Crippen molar-refractivity contribution < 1.29 is 32.2 Å². The van der Waals surface area contributed by atoms with Crippen molar-refractivity contribution in [3.8, 4) is 34.3 Å². The Bertz CT molecular complexity index is 1920. The summed E-state index contributed by atoms with van der Waals surface area (Å²) in [6.07, 6.45) is 1.16. The Morgan fingerprint density at radius 2 is 1.67 bits per heavy atom. The number of methoxy groups -OCH3 is 2. The molecule has 0 radical (unpaired) electrons. The van der Waals surface area contributed by atoms with Gasteiger partial charge in [0.15, 0.2) is 28.8 Å². The third kappa shape index (κ3) is 5.28. The standard InChI is InChI=1S/C31H24F3N3O5/c1-15-27(19-7-6-18(32)13-20(19)33)30(39)28(16(2)36-15)23(38)12-17-5-8-24(21(34)11-17)42-25-9-10-35-22-14-26(40-3)31(41-4)37-29(22)25/h5-11,13-14H,12H2,1-4H3,(H,36,39). The van der Waals surface area contributed by atoms with Gasteiger partial charge in [0.2, 0.25) is 5.43 Å². The lowest BCUT2D eigenvalue weighted by atomic mass is 9.95. The first-order chi connectivity index (χ1) is 20.1. The Kier molecular flexibility index (Phi) is 7.66. The Morgan fingerprint density at radius 3 is 2.36 bits per heavy atom. The van der Waals surface area contributed by atoms with Crippen LogP contribution < -0.4 is 19.6 Å². The number of carbonyl (C=O) groups is 1. The van der Waals surface area contributed by atoms with Crippen molar-refractivity contribution >= 4 is 16.8 Å². The molecule has 0 atom stereocenters. The van der Waals surface area contributed by atoms with Crippen molar-refractivity contribution in [3.63, 3.8) is 0 Å². The van der Waals surface area contributed by atoms with E-state index in [4.69, 9.17) is 14.2 Å². The van der Waals surface area contributed by atoms with Crippen LogP contribution in [0.4, 0.5) is 13.2 Å². The molecule has 11 heteroatoms. The zero-order valence-corrected chi connectivity index (χ0v) is 23.0. The summed E-state index contributed by atoms with van der Waals surface area (Å²) in [7, 11) is 2.90. The molecule has 3 aromatic heterocycles. The van der Waals surface area contributed by atoms with Gasteiger partial charge < -0.3 is 19.2 Å². The van der Waals surface area contributed by atoms with Crippen LogP contribution in [0.5, 0.6) is 23.1 Å². The fourth-order valence-corrected chi connectivity index (χ4v) is 4.74. The molecule has 0 saturated carbocycles. The second kappa shape index (κ2) is 11.4. The van der Waals surface area contributed by atoms with Gasteiger partial charge in [-0.15, -0.1) is 0 Å². The van der Waals surface area contributed by atoms with Gasteiger partial charge in [0.05, 0.1) is 30.9 Å². The maximum absolute atomic E-state index is 15.2. The molecular weight excluding hydrogens is 551 g/mol. The van der Waals surface area contributed by atoms with E-state index in [0.717, 1.165) is 18.2 Å². The molecule has 0 spiro atoms. The summed E-state index contributed by atoms with van der Waals surface area (Å²) in [6.45, 7) is 3.10. The van der Waals surface area contributed by atoms with Gasteiger partial charge in [0, 0.05) is 47.8 Å². The molecule has 42 heavy (non-hydrogen) atoms. The van der Waals surface area contributed by atoms with Crippen molar-refractivity contribution in [2.24, 2.45) is 0 Å². The third-order valence-corrected chi connectivity index (χ3v) is 6.66. The molecule has 0 aliphatic carbocycles. The van der Waals surface area contributed by atoms with Crippen molar-refractivity contribution in [2.75, 3.05) is 14.2 Å². The zero-order valence-electron chi connectivity index (χ0n) is 23.0. The fraction of sp³-hybridized carbons (Fsp3) is 0.161. The Labute approximate surface area is 237 Å². The highest BCUT2D eigenvalue weighted by atomic mass is 19.1. The van der Waals surface area contributed by atoms with Crippen LogP contribution in [0.2, 0.25) is 0 Å². The van der Waals surface area contributed by atoms with Gasteiger partial charge in [-0.1, -0.05) is 6.07 Å². The molecular formula is C31H24F3N3O5. The third-order valence-electron chi connectivity index (χ3n) is 6.66. The number of rotatable bonds is 8. The molecule has 8 nitrogen and oxygen atoms in total. The zero-order chi connectivity index (χ0) is 30.1. The molecule has 1 N–H and O–H groups in total. The lowest BCUT2D eigenvalue weighted by Gasteiger charge is -2.13. The number of benzene rings is 2. The number of carbonyl (C=O) groups excluding carboxylic acids is 1. The number of hydrogen-bond acceptors (Lipinski definition) is 7. The number of hydrogen-bond donors (Lipinski definition) is 1. The highest BCUT2D eigenvalue weighted by Crippen LogP contribution is 2.35. The van der Waals surface area contributed by atoms with Gasteiger partial charge in [-0.2, -0.15) is 0 Å². The number of aryl methyl sites for hydroxylation is 2. The van der Waals surface area contributed by atoms with Gasteiger partial charge in [-0.25, -0.2) is 18.2 Å². The van der Waals surface area contributed by atoms with E-state index >= 15 is 4.39 Å². The average molecular weight is 576 g/mol. The first kappa shape index (κ1) is 28.3. The Morgan fingerprint density at radius 1 is 0.881 bits per heavy atom. The number of pyridine rings is 3. The Balaban J connectivity index is 1.43. The average Bonchev–Trinajstić information content (AvgIpc) is 2.94. The first-order valence-electron chi connectivity index (χ1n) is 12.7. The van der Waals surface area contributed by atoms with Crippen LogP contribution in [0.15, 0.2) is 59.5 Å². The minimum absolute atomic E-state index is 0.0798. The largest absolute Gasteiger partial charge is 0.491 e. The summed E-state index contributed by atoms with van der Waals surface area (Å²) in [5.41, 5.74) is 0.516. The summed E-state index contributed by atoms with van der Waals surface area (Å²) >= 11 is 0. The van der Waals surface area contributed by atoms with E-state index in [1.807, 2.05) is 0 Å². The van der Waals surface area contributed by atoms with Crippen molar-refractivity contribution in [3.05, 3.63) is 105 Å². The maximum Gasteiger partial charge on any atom is 0.257 e. The number of Topliss-reactive ketones (excluding diaryl/α,β-unsaturated/α-hetero) is 1. The number of H-pyrrole nitrogens is 1. The SMILES string of the molecule is COc1cc2nccc(Oc3ccc(CC(=O)c4c(C)[nH]c(C)c(-c5ccc(F)cc5F)c4=O)cc3F)c2nc1OC. The number of nitrogens with zero attached hydrogens (tertiary/aromatic N) is 2. The van der Waals surface area contributed by atoms with E-state index in [-0.39, 0.29) is 51.7 Å². The molecule has 0 saturated heterocycles. The lowest BCUT2D eigenvalue weighted by molar-refractivity contribution is 0.0991. The summed E-state index contributed by atoms with van der Waals surface area (Å²) < 4.78 is 59.4. The second-order valence-corrected chi connectivity index (χ2v) is 9.42. The molecule has 0 amide bonds. The molecule has 5 rings (SSSR count). The number of fused-ring (bicyclic) bond motifs is 1. The van der Waals surface area contributed by atoms with E-state index in [1.54, 1.807) is 19.9 Å². The molecule has 0 bridgehead atoms. The van der Waals surface area contributed by atoms with Gasteiger partial charge in [-0.05, 0) is 43.7 Å². The van der Waals surface area contributed by atoms with Crippen LogP contribution in [0.25, 0.3) is 22.2 Å². The summed E-state index contributed by atoms with van der Waals surface area (Å²) in [6, 6.07) is 9.96. The number of halogens is 3. The smallest absolute Gasteiger partial charge is 0.257 e. The maximum atomic E-state index is 15.2. The van der Waals surface area contributed by atoms with Crippen molar-refractivity contribution in [2.45, 2.75) is 20.3 Å².